The van der Waals surface area contributed by atoms with Crippen molar-refractivity contribution in [2.24, 2.45) is 40.4 Å². The minimum absolute atomic E-state index is 0.0803. The van der Waals surface area contributed by atoms with Crippen LogP contribution in [0.15, 0.2) is 0 Å². The van der Waals surface area contributed by atoms with E-state index in [9.17, 15) is 20.1 Å². The molecule has 4 unspecified atom stereocenters. The molecule has 10 atom stereocenters. The first-order valence-corrected chi connectivity index (χ1v) is 10.2. The van der Waals surface area contributed by atoms with Gasteiger partial charge in [-0.3, -0.25) is 4.79 Å². The summed E-state index contributed by atoms with van der Waals surface area (Å²) in [6, 6.07) is 0. The molecule has 4 aliphatic rings. The van der Waals surface area contributed by atoms with Gasteiger partial charge in [-0.15, -0.1) is 0 Å². The third kappa shape index (κ3) is 2.33. The van der Waals surface area contributed by atoms with Crippen LogP contribution in [0.25, 0.3) is 0 Å². The second-order valence-corrected chi connectivity index (χ2v) is 10.1. The second kappa shape index (κ2) is 5.77. The quantitative estimate of drug-likeness (QED) is 0.679. The molecule has 0 radical (unpaired) electrons. The van der Waals surface area contributed by atoms with E-state index in [1.54, 1.807) is 6.92 Å². The summed E-state index contributed by atoms with van der Waals surface area (Å²) in [6.45, 7) is 6.10. The summed E-state index contributed by atoms with van der Waals surface area (Å²) in [6.07, 6.45) is 4.57. The number of fused-ring (bicyclic) bond motifs is 5. The molecule has 142 valence electrons. The number of carbonyl (C=O) groups excluding carboxylic acids is 1. The Bertz CT molecular complexity index is 562. The minimum Gasteiger partial charge on any atom is -0.393 e. The van der Waals surface area contributed by atoms with Crippen LogP contribution in [-0.2, 0) is 4.79 Å². The molecule has 25 heavy (non-hydrogen) atoms. The first-order chi connectivity index (χ1) is 11.7. The Hall–Kier alpha value is -0.450. The Balaban J connectivity index is 1.70. The summed E-state index contributed by atoms with van der Waals surface area (Å²) in [4.78, 5) is 12.2. The maximum Gasteiger partial charge on any atom is 0.133 e. The highest BCUT2D eigenvalue weighted by Crippen LogP contribution is 2.67. The molecule has 4 heteroatoms. The molecule has 4 nitrogen and oxygen atoms in total. The predicted octanol–water partition coefficient (Wildman–Crippen LogP) is 2.54. The number of hydrogen-bond donors (Lipinski definition) is 3. The maximum atomic E-state index is 12.2. The maximum absolute atomic E-state index is 12.2. The van der Waals surface area contributed by atoms with E-state index >= 15 is 0 Å². The summed E-state index contributed by atoms with van der Waals surface area (Å²) in [5.41, 5.74) is -0.397. The first-order valence-electron chi connectivity index (χ1n) is 10.2. The van der Waals surface area contributed by atoms with Crippen molar-refractivity contribution in [2.45, 2.75) is 84.0 Å². The van der Waals surface area contributed by atoms with Gasteiger partial charge in [-0.2, -0.15) is 0 Å². The summed E-state index contributed by atoms with van der Waals surface area (Å²) in [7, 11) is 0. The molecule has 3 N–H and O–H groups in total. The topological polar surface area (TPSA) is 77.8 Å². The van der Waals surface area contributed by atoms with Crippen molar-refractivity contribution in [1.82, 2.24) is 0 Å². The Kier molecular flexibility index (Phi) is 4.14. The number of rotatable bonds is 1. The van der Waals surface area contributed by atoms with Crippen molar-refractivity contribution < 1.29 is 20.1 Å². The normalized spacial score (nSPS) is 58.2. The van der Waals surface area contributed by atoms with Crippen molar-refractivity contribution in [3.63, 3.8) is 0 Å². The second-order valence-electron chi connectivity index (χ2n) is 10.1. The third-order valence-corrected chi connectivity index (χ3v) is 9.16. The van der Waals surface area contributed by atoms with Gasteiger partial charge in [0.15, 0.2) is 0 Å². The fraction of sp³-hybridized carbons (Fsp3) is 0.952. The molecule has 0 spiro atoms. The van der Waals surface area contributed by atoms with Gasteiger partial charge in [0.25, 0.3) is 0 Å². The van der Waals surface area contributed by atoms with Crippen LogP contribution in [-0.4, -0.2) is 39.4 Å². The van der Waals surface area contributed by atoms with Crippen LogP contribution < -0.4 is 0 Å². The van der Waals surface area contributed by atoms with Gasteiger partial charge in [0, 0.05) is 11.3 Å². The third-order valence-electron chi connectivity index (χ3n) is 9.16. The number of carbonyl (C=O) groups is 1. The largest absolute Gasteiger partial charge is 0.393 e. The van der Waals surface area contributed by atoms with E-state index < -0.39 is 18.3 Å². The van der Waals surface area contributed by atoms with Gasteiger partial charge in [-0.1, -0.05) is 13.8 Å². The van der Waals surface area contributed by atoms with Crippen molar-refractivity contribution >= 4 is 5.78 Å². The van der Waals surface area contributed by atoms with Crippen molar-refractivity contribution in [2.75, 3.05) is 0 Å². The zero-order valence-corrected chi connectivity index (χ0v) is 15.8. The lowest BCUT2D eigenvalue weighted by Crippen LogP contribution is -2.63. The Morgan fingerprint density at radius 2 is 1.72 bits per heavy atom. The van der Waals surface area contributed by atoms with Crippen LogP contribution >= 0.6 is 0 Å². The van der Waals surface area contributed by atoms with Gasteiger partial charge in [0.2, 0.25) is 0 Å². The molecule has 0 aromatic heterocycles. The predicted molar refractivity (Wildman–Crippen MR) is 94.7 cm³/mol. The zero-order chi connectivity index (χ0) is 18.1. The van der Waals surface area contributed by atoms with E-state index in [1.807, 2.05) is 0 Å². The molecule has 4 aliphatic carbocycles. The zero-order valence-electron chi connectivity index (χ0n) is 15.8. The number of aliphatic hydroxyl groups excluding tert-OH is 3. The van der Waals surface area contributed by atoms with Crippen LogP contribution in [0.4, 0.5) is 0 Å². The Morgan fingerprint density at radius 1 is 1.00 bits per heavy atom. The Morgan fingerprint density at radius 3 is 2.40 bits per heavy atom. The molecule has 4 fully saturated rings. The van der Waals surface area contributed by atoms with Crippen LogP contribution in [0.5, 0.6) is 0 Å². The number of ketones is 1. The standard InChI is InChI=1S/C21H34O4/c1-11(22)15-6-7-16-14-5-4-12-8-13(23)9-18(25)21(12,3)19(14)17(24)10-20(15,16)2/h12-19,23-25H,4-10H2,1-3H3/t12?,13?,14-,15+,16-,17?,18?,19+,20+,21+/m0/s1. The minimum atomic E-state index is -0.543. The molecule has 4 saturated carbocycles. The molecular weight excluding hydrogens is 316 g/mol. The molecule has 0 aliphatic heterocycles. The van der Waals surface area contributed by atoms with Crippen LogP contribution in [0.2, 0.25) is 0 Å². The highest BCUT2D eigenvalue weighted by Gasteiger charge is 2.65. The fourth-order valence-electron chi connectivity index (χ4n) is 8.08. The molecule has 0 bridgehead atoms. The number of hydrogen-bond acceptors (Lipinski definition) is 4. The smallest absolute Gasteiger partial charge is 0.133 e. The molecule has 0 aromatic rings. The van der Waals surface area contributed by atoms with Crippen molar-refractivity contribution in [1.29, 1.82) is 0 Å². The molecular formula is C21H34O4. The molecule has 0 saturated heterocycles. The van der Waals surface area contributed by atoms with E-state index in [0.29, 0.717) is 24.7 Å². The highest BCUT2D eigenvalue weighted by atomic mass is 16.3. The van der Waals surface area contributed by atoms with Crippen molar-refractivity contribution in [3.05, 3.63) is 0 Å². The lowest BCUT2D eigenvalue weighted by atomic mass is 9.43. The van der Waals surface area contributed by atoms with Gasteiger partial charge in [0.05, 0.1) is 18.3 Å². The fourth-order valence-corrected chi connectivity index (χ4v) is 8.08. The summed E-state index contributed by atoms with van der Waals surface area (Å²) in [5.74, 6) is 1.61. The summed E-state index contributed by atoms with van der Waals surface area (Å²) >= 11 is 0. The lowest BCUT2D eigenvalue weighted by Gasteiger charge is -2.63. The van der Waals surface area contributed by atoms with Gasteiger partial charge in [-0.25, -0.2) is 0 Å². The number of aliphatic hydroxyl groups is 3. The van der Waals surface area contributed by atoms with E-state index in [2.05, 4.69) is 13.8 Å². The van der Waals surface area contributed by atoms with Gasteiger partial charge >= 0.3 is 0 Å². The highest BCUT2D eigenvalue weighted by molar-refractivity contribution is 5.79. The Labute approximate surface area is 151 Å². The van der Waals surface area contributed by atoms with Gasteiger partial charge < -0.3 is 15.3 Å². The lowest BCUT2D eigenvalue weighted by molar-refractivity contribution is -0.215. The van der Waals surface area contributed by atoms with Crippen molar-refractivity contribution in [3.8, 4) is 0 Å². The van der Waals surface area contributed by atoms with Gasteiger partial charge in [0.1, 0.15) is 5.78 Å². The van der Waals surface area contributed by atoms with Crippen LogP contribution in [0.3, 0.4) is 0 Å². The van der Waals surface area contributed by atoms with Crippen LogP contribution in [0.1, 0.15) is 65.7 Å². The molecule has 0 aromatic carbocycles. The average molecular weight is 350 g/mol. The summed E-state index contributed by atoms with van der Waals surface area (Å²) in [5, 5.41) is 32.3. The molecule has 0 amide bonds. The van der Waals surface area contributed by atoms with Crippen LogP contribution in [0, 0.1) is 40.4 Å². The summed E-state index contributed by atoms with van der Waals surface area (Å²) < 4.78 is 0. The molecule has 0 heterocycles. The molecule has 4 rings (SSSR count). The van der Waals surface area contributed by atoms with E-state index in [4.69, 9.17) is 0 Å². The average Bonchev–Trinajstić information content (AvgIpc) is 2.85. The first kappa shape index (κ1) is 17.9. The van der Waals surface area contributed by atoms with E-state index in [0.717, 1.165) is 32.1 Å². The van der Waals surface area contributed by atoms with E-state index in [-0.39, 0.29) is 34.4 Å². The SMILES string of the molecule is CC(=O)[C@H]1CC[C@H]2[C@@H]3CCC4CC(O)CC(O)[C@]4(C)[C@H]3C(O)C[C@]12C. The number of Topliss-reactive ketones (excluding diaryl/α,β-unsaturated/α-hetero) is 1. The van der Waals surface area contributed by atoms with Gasteiger partial charge in [-0.05, 0) is 81.0 Å². The van der Waals surface area contributed by atoms with E-state index in [1.165, 1.54) is 0 Å². The monoisotopic (exact) mass is 350 g/mol.